The topological polar surface area (TPSA) is 78.9 Å². The lowest BCUT2D eigenvalue weighted by Crippen LogP contribution is -2.40. The van der Waals surface area contributed by atoms with Gasteiger partial charge >= 0.3 is 5.97 Å². The van der Waals surface area contributed by atoms with Crippen molar-refractivity contribution in [3.05, 3.63) is 15.6 Å². The lowest BCUT2D eigenvalue weighted by molar-refractivity contribution is 0.0531. The SMILES string of the molecule is CCNC(=NCC1CCCN(C)C1)NC(C)c1nc(C)c(C(=O)OCC)s1.I. The van der Waals surface area contributed by atoms with Crippen LogP contribution in [0, 0.1) is 12.8 Å². The number of ether oxygens (including phenoxy) is 1. The molecule has 2 atom stereocenters. The smallest absolute Gasteiger partial charge is 0.350 e. The number of nitrogens with zero attached hydrogens (tertiary/aromatic N) is 3. The summed E-state index contributed by atoms with van der Waals surface area (Å²) in [5.74, 6) is 1.10. The Hall–Kier alpha value is -0.940. The number of piperidine rings is 1. The number of nitrogens with one attached hydrogen (secondary N) is 2. The molecule has 160 valence electrons. The van der Waals surface area contributed by atoms with Crippen LogP contribution in [0.4, 0.5) is 0 Å². The molecule has 1 saturated heterocycles. The Kier molecular flexibility index (Phi) is 11.3. The summed E-state index contributed by atoms with van der Waals surface area (Å²) in [5.41, 5.74) is 0.717. The summed E-state index contributed by atoms with van der Waals surface area (Å²) in [6.07, 6.45) is 2.48. The van der Waals surface area contributed by atoms with Gasteiger partial charge in [0.25, 0.3) is 0 Å². The number of carbonyl (C=O) groups excluding carboxylic acids is 1. The third-order valence-corrected chi connectivity index (χ3v) is 5.89. The summed E-state index contributed by atoms with van der Waals surface area (Å²) in [7, 11) is 2.17. The molecule has 1 aliphatic heterocycles. The average Bonchev–Trinajstić information content (AvgIpc) is 3.02. The number of esters is 1. The molecule has 0 bridgehead atoms. The van der Waals surface area contributed by atoms with Crippen molar-refractivity contribution < 1.29 is 9.53 Å². The molecular weight excluding hydrogens is 489 g/mol. The van der Waals surface area contributed by atoms with E-state index in [4.69, 9.17) is 9.73 Å². The average molecular weight is 523 g/mol. The van der Waals surface area contributed by atoms with Crippen molar-refractivity contribution in [2.45, 2.75) is 46.6 Å². The Morgan fingerprint density at radius 2 is 2.21 bits per heavy atom. The van der Waals surface area contributed by atoms with E-state index >= 15 is 0 Å². The molecular formula is C19H34IN5O2S. The van der Waals surface area contributed by atoms with E-state index < -0.39 is 0 Å². The molecule has 1 aromatic rings. The third kappa shape index (κ3) is 7.47. The number of aliphatic imine (C=N–C) groups is 1. The highest BCUT2D eigenvalue weighted by atomic mass is 127. The zero-order valence-corrected chi connectivity index (χ0v) is 20.7. The molecule has 28 heavy (non-hydrogen) atoms. The van der Waals surface area contributed by atoms with Crippen LogP contribution in [0.1, 0.15) is 60.0 Å². The second-order valence-electron chi connectivity index (χ2n) is 7.04. The summed E-state index contributed by atoms with van der Waals surface area (Å²) in [6, 6.07) is -0.0382. The van der Waals surface area contributed by atoms with Gasteiger partial charge in [0.05, 0.1) is 18.3 Å². The van der Waals surface area contributed by atoms with E-state index in [1.165, 1.54) is 30.7 Å². The maximum atomic E-state index is 12.0. The van der Waals surface area contributed by atoms with Gasteiger partial charge < -0.3 is 20.3 Å². The van der Waals surface area contributed by atoms with Gasteiger partial charge in [0.2, 0.25) is 0 Å². The number of aryl methyl sites for hydroxylation is 1. The van der Waals surface area contributed by atoms with Crippen molar-refractivity contribution in [1.82, 2.24) is 20.5 Å². The molecule has 0 radical (unpaired) electrons. The Bertz CT molecular complexity index is 652. The lowest BCUT2D eigenvalue weighted by atomic mass is 9.99. The Balaban J connectivity index is 0.00000392. The van der Waals surface area contributed by atoms with E-state index in [0.717, 1.165) is 30.6 Å². The Morgan fingerprint density at radius 3 is 2.86 bits per heavy atom. The number of thiazole rings is 1. The van der Waals surface area contributed by atoms with Crippen LogP contribution in [-0.4, -0.2) is 61.6 Å². The molecule has 1 fully saturated rings. The van der Waals surface area contributed by atoms with Crippen LogP contribution in [0.25, 0.3) is 0 Å². The number of likely N-dealkylation sites (tertiary alicyclic amines) is 1. The minimum absolute atomic E-state index is 0. The molecule has 0 aromatic carbocycles. The number of hydrogen-bond acceptors (Lipinski definition) is 6. The second-order valence-corrected chi connectivity index (χ2v) is 8.07. The van der Waals surface area contributed by atoms with E-state index in [1.807, 2.05) is 20.8 Å². The Labute approximate surface area is 189 Å². The van der Waals surface area contributed by atoms with Crippen LogP contribution in [0.2, 0.25) is 0 Å². The van der Waals surface area contributed by atoms with E-state index in [1.54, 1.807) is 0 Å². The zero-order valence-electron chi connectivity index (χ0n) is 17.6. The molecule has 2 N–H and O–H groups in total. The van der Waals surface area contributed by atoms with Crippen molar-refractivity contribution in [1.29, 1.82) is 0 Å². The highest BCUT2D eigenvalue weighted by Crippen LogP contribution is 2.24. The molecule has 0 saturated carbocycles. The minimum atomic E-state index is -0.298. The summed E-state index contributed by atoms with van der Waals surface area (Å²) >= 11 is 1.38. The van der Waals surface area contributed by atoms with Crippen LogP contribution in [0.3, 0.4) is 0 Å². The highest BCUT2D eigenvalue weighted by Gasteiger charge is 2.21. The number of carbonyl (C=O) groups is 1. The van der Waals surface area contributed by atoms with Crippen LogP contribution < -0.4 is 10.6 Å². The third-order valence-electron chi connectivity index (χ3n) is 4.57. The molecule has 7 nitrogen and oxygen atoms in total. The molecule has 0 amide bonds. The monoisotopic (exact) mass is 523 g/mol. The van der Waals surface area contributed by atoms with Crippen molar-refractivity contribution >= 4 is 47.2 Å². The van der Waals surface area contributed by atoms with Crippen LogP contribution >= 0.6 is 35.3 Å². The summed E-state index contributed by atoms with van der Waals surface area (Å²) in [6.45, 7) is 12.0. The number of guanidine groups is 1. The van der Waals surface area contributed by atoms with Crippen molar-refractivity contribution in [3.8, 4) is 0 Å². The standard InChI is InChI=1S/C19H33N5O2S.HI/c1-6-20-19(21-11-15-9-8-10-24(5)12-15)23-14(4)17-22-13(3)16(27-17)18(25)26-7-2;/h14-15H,6-12H2,1-5H3,(H2,20,21,23);1H. The zero-order chi connectivity index (χ0) is 19.8. The van der Waals surface area contributed by atoms with Gasteiger partial charge in [-0.15, -0.1) is 35.3 Å². The quantitative estimate of drug-likeness (QED) is 0.248. The molecule has 2 unspecified atom stereocenters. The molecule has 0 spiro atoms. The molecule has 1 aromatic heterocycles. The van der Waals surface area contributed by atoms with E-state index in [2.05, 4.69) is 34.5 Å². The van der Waals surface area contributed by atoms with Crippen LogP contribution in [-0.2, 0) is 4.74 Å². The first kappa shape index (κ1) is 25.1. The van der Waals surface area contributed by atoms with Crippen LogP contribution in [0.5, 0.6) is 0 Å². The lowest BCUT2D eigenvalue weighted by Gasteiger charge is -2.28. The fourth-order valence-corrected chi connectivity index (χ4v) is 4.18. The van der Waals surface area contributed by atoms with Gasteiger partial charge in [-0.25, -0.2) is 9.78 Å². The van der Waals surface area contributed by atoms with E-state index in [0.29, 0.717) is 23.1 Å². The van der Waals surface area contributed by atoms with E-state index in [9.17, 15) is 4.79 Å². The van der Waals surface area contributed by atoms with Crippen LogP contribution in [0.15, 0.2) is 4.99 Å². The van der Waals surface area contributed by atoms with Gasteiger partial charge in [-0.1, -0.05) is 0 Å². The first-order valence-electron chi connectivity index (χ1n) is 9.82. The minimum Gasteiger partial charge on any atom is -0.462 e. The van der Waals surface area contributed by atoms with Crippen molar-refractivity contribution in [3.63, 3.8) is 0 Å². The fraction of sp³-hybridized carbons (Fsp3) is 0.737. The molecule has 2 rings (SSSR count). The van der Waals surface area contributed by atoms with Gasteiger partial charge in [0, 0.05) is 19.6 Å². The number of aromatic nitrogens is 1. The highest BCUT2D eigenvalue weighted by molar-refractivity contribution is 14.0. The predicted molar refractivity (Wildman–Crippen MR) is 126 cm³/mol. The van der Waals surface area contributed by atoms with Gasteiger partial charge in [-0.2, -0.15) is 0 Å². The number of hydrogen-bond donors (Lipinski definition) is 2. The normalized spacial score (nSPS) is 18.9. The number of rotatable bonds is 7. The summed E-state index contributed by atoms with van der Waals surface area (Å²) < 4.78 is 5.11. The van der Waals surface area contributed by atoms with Gasteiger partial charge in [0.15, 0.2) is 5.96 Å². The number of halogens is 1. The molecule has 9 heteroatoms. The van der Waals surface area contributed by atoms with Gasteiger partial charge in [0.1, 0.15) is 9.88 Å². The summed E-state index contributed by atoms with van der Waals surface area (Å²) in [5, 5.41) is 7.59. The van der Waals surface area contributed by atoms with Gasteiger partial charge in [-0.05, 0) is 60.0 Å². The molecule has 0 aliphatic carbocycles. The first-order chi connectivity index (χ1) is 12.9. The molecule has 2 heterocycles. The van der Waals surface area contributed by atoms with Crippen molar-refractivity contribution in [2.24, 2.45) is 10.9 Å². The predicted octanol–water partition coefficient (Wildman–Crippen LogP) is 3.20. The van der Waals surface area contributed by atoms with E-state index in [-0.39, 0.29) is 36.0 Å². The largest absolute Gasteiger partial charge is 0.462 e. The van der Waals surface area contributed by atoms with Gasteiger partial charge in [-0.3, -0.25) is 4.99 Å². The fourth-order valence-electron chi connectivity index (χ4n) is 3.22. The second kappa shape index (κ2) is 12.6. The maximum Gasteiger partial charge on any atom is 0.350 e. The maximum absolute atomic E-state index is 12.0. The Morgan fingerprint density at radius 1 is 1.46 bits per heavy atom. The molecule has 1 aliphatic rings. The summed E-state index contributed by atoms with van der Waals surface area (Å²) in [4.78, 5) is 24.3. The van der Waals surface area contributed by atoms with Crippen molar-refractivity contribution in [2.75, 3.05) is 39.8 Å². The first-order valence-corrected chi connectivity index (χ1v) is 10.6.